The van der Waals surface area contributed by atoms with Gasteiger partial charge in [0, 0.05) is 0 Å². The second-order valence-electron chi connectivity index (χ2n) is 5.44. The molecule has 0 atom stereocenters. The van der Waals surface area contributed by atoms with Crippen LogP contribution in [0.1, 0.15) is 32.6 Å². The van der Waals surface area contributed by atoms with E-state index in [2.05, 4.69) is 0 Å². The molecule has 1 aliphatic rings. The predicted molar refractivity (Wildman–Crippen MR) is 71.5 cm³/mol. The van der Waals surface area contributed by atoms with Crippen LogP contribution < -0.4 is 0 Å². The van der Waals surface area contributed by atoms with Gasteiger partial charge < -0.3 is 5.11 Å². The summed E-state index contributed by atoms with van der Waals surface area (Å²) in [5.41, 5.74) is 0. The summed E-state index contributed by atoms with van der Waals surface area (Å²) >= 11 is 0. The smallest absolute Gasteiger partial charge is 0.325 e. The Labute approximate surface area is 121 Å². The minimum absolute atomic E-state index is 0.0114. The first-order chi connectivity index (χ1) is 9.74. The predicted octanol–water partition coefficient (Wildman–Crippen LogP) is 2.77. The summed E-state index contributed by atoms with van der Waals surface area (Å²) < 4.78 is 49.3. The molecule has 0 heterocycles. The van der Waals surface area contributed by atoms with Crippen molar-refractivity contribution in [3.05, 3.63) is 29.8 Å². The van der Waals surface area contributed by atoms with Crippen molar-refractivity contribution in [2.45, 2.75) is 42.2 Å². The molecule has 1 aliphatic carbocycles. The minimum atomic E-state index is -4.26. The van der Waals surface area contributed by atoms with Gasteiger partial charge in [0.25, 0.3) is 0 Å². The van der Waals surface area contributed by atoms with Crippen LogP contribution in [0.5, 0.6) is 0 Å². The maximum Gasteiger partial charge on any atom is 0.325 e. The number of carboxylic acids is 1. The number of carboxylic acid groups (broad SMARTS) is 1. The maximum absolute atomic E-state index is 13.2. The highest BCUT2D eigenvalue weighted by Gasteiger charge is 2.60. The van der Waals surface area contributed by atoms with Gasteiger partial charge >= 0.3 is 5.97 Å². The Balaban J connectivity index is 2.41. The van der Waals surface area contributed by atoms with E-state index in [1.54, 1.807) is 0 Å². The molecule has 0 amide bonds. The quantitative estimate of drug-likeness (QED) is 0.847. The molecular formula is C14H16F2O4S. The van der Waals surface area contributed by atoms with Crippen LogP contribution in [-0.4, -0.2) is 24.2 Å². The van der Waals surface area contributed by atoms with Gasteiger partial charge in [0.15, 0.2) is 26.2 Å². The summed E-state index contributed by atoms with van der Waals surface area (Å²) in [5.74, 6) is -3.87. The van der Waals surface area contributed by atoms with E-state index in [1.807, 2.05) is 6.92 Å². The number of carbonyl (C=O) groups is 1. The Morgan fingerprint density at radius 2 is 1.95 bits per heavy atom. The minimum Gasteiger partial charge on any atom is -0.480 e. The number of aliphatic carboxylic acids is 1. The highest BCUT2D eigenvalue weighted by molar-refractivity contribution is 7.93. The summed E-state index contributed by atoms with van der Waals surface area (Å²) in [6, 6.07) is 2.15. The Bertz CT molecular complexity index is 664. The van der Waals surface area contributed by atoms with Gasteiger partial charge in [-0.25, -0.2) is 17.2 Å². The zero-order valence-corrected chi connectivity index (χ0v) is 12.3. The molecule has 4 nitrogen and oxygen atoms in total. The highest BCUT2D eigenvalue weighted by atomic mass is 32.2. The van der Waals surface area contributed by atoms with Gasteiger partial charge in [-0.3, -0.25) is 4.79 Å². The van der Waals surface area contributed by atoms with Crippen LogP contribution in [0.4, 0.5) is 8.78 Å². The van der Waals surface area contributed by atoms with Crippen LogP contribution in [0.15, 0.2) is 23.1 Å². The molecule has 116 valence electrons. The fourth-order valence-electron chi connectivity index (χ4n) is 2.86. The fraction of sp³-hybridized carbons (Fsp3) is 0.500. The van der Waals surface area contributed by atoms with Crippen LogP contribution in [-0.2, 0) is 14.6 Å². The van der Waals surface area contributed by atoms with Gasteiger partial charge in [0.1, 0.15) is 0 Å². The van der Waals surface area contributed by atoms with E-state index in [0.29, 0.717) is 12.1 Å². The van der Waals surface area contributed by atoms with Gasteiger partial charge in [-0.15, -0.1) is 0 Å². The molecule has 7 heteroatoms. The molecule has 0 aromatic heterocycles. The van der Waals surface area contributed by atoms with Crippen LogP contribution in [0.2, 0.25) is 0 Å². The van der Waals surface area contributed by atoms with Crippen LogP contribution >= 0.6 is 0 Å². The molecule has 21 heavy (non-hydrogen) atoms. The van der Waals surface area contributed by atoms with Crippen molar-refractivity contribution < 1.29 is 27.1 Å². The zero-order chi connectivity index (χ0) is 15.8. The number of hydrogen-bond donors (Lipinski definition) is 1. The Hall–Kier alpha value is -1.50. The number of benzene rings is 1. The first-order valence-corrected chi connectivity index (χ1v) is 8.16. The Kier molecular flexibility index (Phi) is 4.06. The Morgan fingerprint density at radius 1 is 1.33 bits per heavy atom. The van der Waals surface area contributed by atoms with Crippen molar-refractivity contribution >= 4 is 15.8 Å². The molecule has 0 saturated heterocycles. The summed E-state index contributed by atoms with van der Waals surface area (Å²) in [7, 11) is -4.26. The van der Waals surface area contributed by atoms with E-state index in [9.17, 15) is 27.1 Å². The van der Waals surface area contributed by atoms with E-state index in [-0.39, 0.29) is 18.8 Å². The molecule has 1 aromatic rings. The van der Waals surface area contributed by atoms with Crippen molar-refractivity contribution in [2.75, 3.05) is 0 Å². The molecule has 1 saturated carbocycles. The Morgan fingerprint density at radius 3 is 2.43 bits per heavy atom. The topological polar surface area (TPSA) is 71.4 Å². The first kappa shape index (κ1) is 15.9. The molecule has 0 spiro atoms. The first-order valence-electron chi connectivity index (χ1n) is 6.67. The maximum atomic E-state index is 13.2. The number of rotatable bonds is 5. The summed E-state index contributed by atoms with van der Waals surface area (Å²) in [4.78, 5) is 11.0. The number of halogens is 2. The van der Waals surface area contributed by atoms with Gasteiger partial charge in [0.2, 0.25) is 0 Å². The van der Waals surface area contributed by atoms with Gasteiger partial charge in [-0.2, -0.15) is 0 Å². The molecule has 1 fully saturated rings. The van der Waals surface area contributed by atoms with Crippen molar-refractivity contribution in [1.82, 2.24) is 0 Å². The standard InChI is InChI=1S/C14H16F2O4S/c1-2-3-9-7-14(8-9,13(17)18)21(19,20)10-4-5-11(15)12(16)6-10/h4-6,9H,2-3,7-8H2,1H3,(H,17,18). The molecule has 1 aromatic carbocycles. The zero-order valence-electron chi connectivity index (χ0n) is 11.5. The van der Waals surface area contributed by atoms with Crippen LogP contribution in [0.25, 0.3) is 0 Å². The summed E-state index contributed by atoms with van der Waals surface area (Å²) in [5, 5.41) is 9.34. The average molecular weight is 318 g/mol. The molecule has 0 unspecified atom stereocenters. The average Bonchev–Trinajstić information content (AvgIpc) is 2.35. The van der Waals surface area contributed by atoms with E-state index in [4.69, 9.17) is 0 Å². The van der Waals surface area contributed by atoms with Gasteiger partial charge in [0.05, 0.1) is 4.90 Å². The third kappa shape index (κ3) is 2.43. The van der Waals surface area contributed by atoms with Crippen molar-refractivity contribution in [2.24, 2.45) is 5.92 Å². The summed E-state index contributed by atoms with van der Waals surface area (Å²) in [6.45, 7) is 1.94. The number of hydrogen-bond acceptors (Lipinski definition) is 3. The van der Waals surface area contributed by atoms with E-state index >= 15 is 0 Å². The second kappa shape index (κ2) is 5.36. The van der Waals surface area contributed by atoms with Crippen molar-refractivity contribution in [3.63, 3.8) is 0 Å². The van der Waals surface area contributed by atoms with E-state index in [0.717, 1.165) is 18.9 Å². The molecule has 0 bridgehead atoms. The largest absolute Gasteiger partial charge is 0.480 e. The summed E-state index contributed by atoms with van der Waals surface area (Å²) in [6.07, 6.45) is 1.61. The van der Waals surface area contributed by atoms with E-state index in [1.165, 1.54) is 0 Å². The lowest BCUT2D eigenvalue weighted by atomic mass is 9.72. The number of sulfone groups is 1. The van der Waals surface area contributed by atoms with Crippen LogP contribution in [0, 0.1) is 17.6 Å². The van der Waals surface area contributed by atoms with Gasteiger partial charge in [-0.05, 0) is 37.0 Å². The third-order valence-corrected chi connectivity index (χ3v) is 6.45. The molecule has 0 aliphatic heterocycles. The lowest BCUT2D eigenvalue weighted by molar-refractivity contribution is -0.144. The van der Waals surface area contributed by atoms with Crippen LogP contribution in [0.3, 0.4) is 0 Å². The van der Waals surface area contributed by atoms with Crippen molar-refractivity contribution in [3.8, 4) is 0 Å². The lowest BCUT2D eigenvalue weighted by Crippen LogP contribution is -2.56. The second-order valence-corrected chi connectivity index (χ2v) is 7.70. The molecule has 2 rings (SSSR count). The van der Waals surface area contributed by atoms with Crippen molar-refractivity contribution in [1.29, 1.82) is 0 Å². The molecule has 0 radical (unpaired) electrons. The SMILES string of the molecule is CCCC1CC(C(=O)O)(S(=O)(=O)c2ccc(F)c(F)c2)C1. The van der Waals surface area contributed by atoms with Gasteiger partial charge in [-0.1, -0.05) is 19.8 Å². The highest BCUT2D eigenvalue weighted by Crippen LogP contribution is 2.48. The monoisotopic (exact) mass is 318 g/mol. The normalized spacial score (nSPS) is 25.4. The molecule has 1 N–H and O–H groups in total. The van der Waals surface area contributed by atoms with E-state index < -0.39 is 37.1 Å². The third-order valence-electron chi connectivity index (χ3n) is 4.04. The molecular weight excluding hydrogens is 302 g/mol. The lowest BCUT2D eigenvalue weighted by Gasteiger charge is -2.43. The fourth-order valence-corrected chi connectivity index (χ4v) is 4.96.